The summed E-state index contributed by atoms with van der Waals surface area (Å²) in [5, 5.41) is 1.47. The molecule has 2 rings (SSSR count). The van der Waals surface area contributed by atoms with E-state index in [2.05, 4.69) is 39.0 Å². The number of thiophene rings is 1. The van der Waals surface area contributed by atoms with Crippen molar-refractivity contribution >= 4 is 23.5 Å². The van der Waals surface area contributed by atoms with Crippen LogP contribution in [0.25, 0.3) is 12.2 Å². The molecular weight excluding hydrogens is 176 g/mol. The maximum atomic E-state index is 2.40. The highest BCUT2D eigenvalue weighted by molar-refractivity contribution is 7.09. The molecule has 1 aliphatic rings. The smallest absolute Gasteiger partial charge is 0.0303 e. The summed E-state index contributed by atoms with van der Waals surface area (Å²) in [7, 11) is 0. The molecule has 0 saturated heterocycles. The van der Waals surface area contributed by atoms with Crippen molar-refractivity contribution in [3.05, 3.63) is 20.7 Å². The fourth-order valence-electron chi connectivity index (χ4n) is 1.68. The summed E-state index contributed by atoms with van der Waals surface area (Å²) in [5.41, 5.74) is 0. The molecule has 0 saturated carbocycles. The van der Waals surface area contributed by atoms with Crippen LogP contribution in [0.5, 0.6) is 0 Å². The first-order valence-corrected chi connectivity index (χ1v) is 5.80. The van der Waals surface area contributed by atoms with Gasteiger partial charge in [-0.3, -0.25) is 0 Å². The largest absolute Gasteiger partial charge is 0.140 e. The van der Waals surface area contributed by atoms with E-state index in [9.17, 15) is 0 Å². The Morgan fingerprint density at radius 3 is 2.92 bits per heavy atom. The molecule has 0 radical (unpaired) electrons. The summed E-state index contributed by atoms with van der Waals surface area (Å²) in [6.07, 6.45) is 6.00. The van der Waals surface area contributed by atoms with Gasteiger partial charge in [0, 0.05) is 9.41 Å². The van der Waals surface area contributed by atoms with Crippen molar-refractivity contribution in [3.8, 4) is 0 Å². The van der Waals surface area contributed by atoms with Crippen LogP contribution in [-0.4, -0.2) is 0 Å². The Balaban J connectivity index is 2.57. The topological polar surface area (TPSA) is 0 Å². The normalized spacial score (nSPS) is 20.8. The first-order valence-electron chi connectivity index (χ1n) is 4.98. The Kier molecular flexibility index (Phi) is 2.29. The minimum absolute atomic E-state index is 0.674. The van der Waals surface area contributed by atoms with Gasteiger partial charge in [0.15, 0.2) is 0 Å². The fourth-order valence-corrected chi connectivity index (χ4v) is 2.78. The molecular formula is C12H16S. The highest BCUT2D eigenvalue weighted by atomic mass is 32.1. The summed E-state index contributed by atoms with van der Waals surface area (Å²) < 4.78 is 1.49. The van der Waals surface area contributed by atoms with Gasteiger partial charge in [-0.25, -0.2) is 0 Å². The van der Waals surface area contributed by atoms with E-state index in [0.717, 1.165) is 5.92 Å². The van der Waals surface area contributed by atoms with E-state index in [4.69, 9.17) is 0 Å². The van der Waals surface area contributed by atoms with Crippen LogP contribution in [-0.2, 0) is 0 Å². The molecule has 0 N–H and O–H groups in total. The monoisotopic (exact) mass is 192 g/mol. The number of hydrogen-bond acceptors (Lipinski definition) is 1. The lowest BCUT2D eigenvalue weighted by molar-refractivity contribution is 0.802. The highest BCUT2D eigenvalue weighted by Gasteiger charge is 2.06. The lowest BCUT2D eigenvalue weighted by Gasteiger charge is -2.03. The molecule has 1 unspecified atom stereocenters. The lowest BCUT2D eigenvalue weighted by atomic mass is 10.0. The maximum Gasteiger partial charge on any atom is 0.0303 e. The third-order valence-corrected chi connectivity index (χ3v) is 3.97. The first kappa shape index (κ1) is 9.01. The molecule has 70 valence electrons. The first-order chi connectivity index (χ1) is 6.16. The zero-order chi connectivity index (χ0) is 9.42. The van der Waals surface area contributed by atoms with Gasteiger partial charge in [0.25, 0.3) is 0 Å². The second-order valence-corrected chi connectivity index (χ2v) is 5.32. The molecule has 0 spiro atoms. The van der Waals surface area contributed by atoms with Gasteiger partial charge in [-0.05, 0) is 29.5 Å². The Morgan fingerprint density at radius 1 is 1.46 bits per heavy atom. The molecule has 1 heteroatoms. The lowest BCUT2D eigenvalue weighted by Crippen LogP contribution is -2.22. The average molecular weight is 192 g/mol. The number of rotatable bonds is 1. The Bertz CT molecular complexity index is 409. The van der Waals surface area contributed by atoms with E-state index in [0.29, 0.717) is 5.92 Å². The summed E-state index contributed by atoms with van der Waals surface area (Å²) in [4.78, 5) is 1.52. The highest BCUT2D eigenvalue weighted by Crippen LogP contribution is 2.16. The standard InChI is InChI=1S/C12H16S/c1-8(2)12-7-10-6-9(3)4-5-11(10)13-12/h5-9H,4H2,1-3H3. The molecule has 1 heterocycles. The zero-order valence-electron chi connectivity index (χ0n) is 8.50. The van der Waals surface area contributed by atoms with Crippen LogP contribution in [0.1, 0.15) is 38.0 Å². The van der Waals surface area contributed by atoms with Crippen molar-refractivity contribution in [1.82, 2.24) is 0 Å². The van der Waals surface area contributed by atoms with Crippen LogP contribution < -0.4 is 9.75 Å². The third-order valence-electron chi connectivity index (χ3n) is 2.52. The SMILES string of the molecule is CC1C=c2cc(C(C)C)sc2=CC1. The molecule has 0 fully saturated rings. The van der Waals surface area contributed by atoms with E-state index >= 15 is 0 Å². The third kappa shape index (κ3) is 1.71. The predicted molar refractivity (Wildman–Crippen MR) is 60.4 cm³/mol. The van der Waals surface area contributed by atoms with Crippen molar-refractivity contribution in [1.29, 1.82) is 0 Å². The summed E-state index contributed by atoms with van der Waals surface area (Å²) >= 11 is 1.96. The molecule has 0 amide bonds. The Labute approximate surface area is 83.6 Å². The maximum absolute atomic E-state index is 2.40. The zero-order valence-corrected chi connectivity index (χ0v) is 9.32. The average Bonchev–Trinajstić information content (AvgIpc) is 2.46. The van der Waals surface area contributed by atoms with Crippen LogP contribution >= 0.6 is 11.3 Å². The van der Waals surface area contributed by atoms with E-state index < -0.39 is 0 Å². The molecule has 1 aromatic heterocycles. The van der Waals surface area contributed by atoms with E-state index in [1.165, 1.54) is 21.0 Å². The minimum Gasteiger partial charge on any atom is -0.140 e. The van der Waals surface area contributed by atoms with Gasteiger partial charge in [0.05, 0.1) is 0 Å². The summed E-state index contributed by atoms with van der Waals surface area (Å²) in [6.45, 7) is 6.81. The fraction of sp³-hybridized carbons (Fsp3) is 0.500. The van der Waals surface area contributed by atoms with Gasteiger partial charge in [0.1, 0.15) is 0 Å². The van der Waals surface area contributed by atoms with Crippen LogP contribution in [0, 0.1) is 5.92 Å². The van der Waals surface area contributed by atoms with Crippen molar-refractivity contribution in [2.75, 3.05) is 0 Å². The van der Waals surface area contributed by atoms with Gasteiger partial charge >= 0.3 is 0 Å². The second-order valence-electron chi connectivity index (χ2n) is 4.21. The molecule has 1 atom stereocenters. The van der Waals surface area contributed by atoms with Crippen molar-refractivity contribution < 1.29 is 0 Å². The van der Waals surface area contributed by atoms with Gasteiger partial charge in [-0.1, -0.05) is 32.9 Å². The van der Waals surface area contributed by atoms with Crippen molar-refractivity contribution in [2.24, 2.45) is 5.92 Å². The van der Waals surface area contributed by atoms with Gasteiger partial charge in [-0.2, -0.15) is 0 Å². The predicted octanol–water partition coefficient (Wildman–Crippen LogP) is 2.47. The molecule has 1 aliphatic carbocycles. The molecule has 0 bridgehead atoms. The Morgan fingerprint density at radius 2 is 2.23 bits per heavy atom. The van der Waals surface area contributed by atoms with Gasteiger partial charge in [0.2, 0.25) is 0 Å². The van der Waals surface area contributed by atoms with Gasteiger partial charge < -0.3 is 0 Å². The van der Waals surface area contributed by atoms with Crippen molar-refractivity contribution in [2.45, 2.75) is 33.1 Å². The molecule has 0 aromatic carbocycles. The van der Waals surface area contributed by atoms with E-state index in [1.807, 2.05) is 11.3 Å². The molecule has 0 aliphatic heterocycles. The molecule has 1 aromatic rings. The minimum atomic E-state index is 0.674. The summed E-state index contributed by atoms with van der Waals surface area (Å²) in [6, 6.07) is 2.36. The van der Waals surface area contributed by atoms with Crippen molar-refractivity contribution in [3.63, 3.8) is 0 Å². The van der Waals surface area contributed by atoms with E-state index in [1.54, 1.807) is 0 Å². The summed E-state index contributed by atoms with van der Waals surface area (Å²) in [5.74, 6) is 1.40. The number of hydrogen-bond donors (Lipinski definition) is 0. The Hall–Kier alpha value is -0.560. The molecule has 13 heavy (non-hydrogen) atoms. The van der Waals surface area contributed by atoms with Crippen LogP contribution in [0.4, 0.5) is 0 Å². The van der Waals surface area contributed by atoms with Gasteiger partial charge in [-0.15, -0.1) is 11.3 Å². The second kappa shape index (κ2) is 3.30. The molecule has 0 nitrogen and oxygen atoms in total. The van der Waals surface area contributed by atoms with Crippen LogP contribution in [0.15, 0.2) is 6.07 Å². The quantitative estimate of drug-likeness (QED) is 0.641. The number of fused-ring (bicyclic) bond motifs is 1. The van der Waals surface area contributed by atoms with Crippen LogP contribution in [0.2, 0.25) is 0 Å². The van der Waals surface area contributed by atoms with E-state index in [-0.39, 0.29) is 0 Å². The van der Waals surface area contributed by atoms with Crippen LogP contribution in [0.3, 0.4) is 0 Å².